The second kappa shape index (κ2) is 32.6. The first-order valence-corrected chi connectivity index (χ1v) is 40.3. The maximum atomic E-state index is 14.6. The minimum Gasteiger partial charge on any atom is -0.425 e. The molecule has 102 heavy (non-hydrogen) atoms. The smallest absolute Gasteiger partial charge is 0.324 e. The molecule has 6 unspecified atom stereocenters. The summed E-state index contributed by atoms with van der Waals surface area (Å²) < 4.78 is 40.5. The van der Waals surface area contributed by atoms with E-state index < -0.39 is 97.3 Å². The number of hydrogen-bond donors (Lipinski definition) is 0. The molecule has 0 aliphatic heterocycles. The summed E-state index contributed by atoms with van der Waals surface area (Å²) in [6.45, 7) is 48.3. The minimum absolute atomic E-state index is 0.0702. The van der Waals surface area contributed by atoms with Gasteiger partial charge >= 0.3 is 35.8 Å². The third-order valence-corrected chi connectivity index (χ3v) is 20.3. The molecule has 7 rings (SSSR count). The van der Waals surface area contributed by atoms with Crippen molar-refractivity contribution in [3.05, 3.63) is 173 Å². The summed E-state index contributed by atoms with van der Waals surface area (Å²) >= 11 is 21.2. The van der Waals surface area contributed by atoms with Crippen LogP contribution < -0.4 is 28.4 Å². The van der Waals surface area contributed by atoms with Gasteiger partial charge in [-0.05, 0) is 107 Å². The van der Waals surface area contributed by atoms with Gasteiger partial charge in [0.25, 0.3) is 0 Å². The zero-order chi connectivity index (χ0) is 76.8. The molecule has 6 aromatic carbocycles. The summed E-state index contributed by atoms with van der Waals surface area (Å²) in [5.74, 6) is -1.75. The van der Waals surface area contributed by atoms with E-state index in [0.717, 1.165) is 33.4 Å². The lowest BCUT2D eigenvalue weighted by Crippen LogP contribution is -2.23. The van der Waals surface area contributed by atoms with Crippen molar-refractivity contribution in [1.82, 2.24) is 0 Å². The summed E-state index contributed by atoms with van der Waals surface area (Å²) in [7, 11) is 0. The number of ether oxygens (including phenoxy) is 6. The van der Waals surface area contributed by atoms with Gasteiger partial charge in [0.05, 0.1) is 0 Å². The van der Waals surface area contributed by atoms with Crippen molar-refractivity contribution in [2.75, 3.05) is 0 Å². The quantitative estimate of drug-likeness (QED) is 0.0649. The highest BCUT2D eigenvalue weighted by Crippen LogP contribution is 2.47. The van der Waals surface area contributed by atoms with Gasteiger partial charge in [0.1, 0.15) is 63.5 Å². The second-order valence-electron chi connectivity index (χ2n) is 33.5. The van der Waals surface area contributed by atoms with Crippen molar-refractivity contribution in [2.45, 2.75) is 266 Å². The van der Waals surface area contributed by atoms with Crippen LogP contribution in [0.2, 0.25) is 0 Å². The molecule has 0 heterocycles. The van der Waals surface area contributed by atoms with Gasteiger partial charge in [-0.3, -0.25) is 28.8 Å². The number of rotatable bonds is 12. The summed E-state index contributed by atoms with van der Waals surface area (Å²) in [4.78, 5) is 83.0. The lowest BCUT2D eigenvalue weighted by molar-refractivity contribution is -0.134. The average Bonchev–Trinajstić information content (AvgIpc) is 0.767. The van der Waals surface area contributed by atoms with Crippen LogP contribution in [-0.4, -0.2) is 64.8 Å². The van der Waals surface area contributed by atoms with E-state index in [-0.39, 0.29) is 73.0 Å². The lowest BCUT2D eigenvalue weighted by atomic mass is 9.79. The van der Waals surface area contributed by atoms with E-state index >= 15 is 0 Å². The summed E-state index contributed by atoms with van der Waals surface area (Å²) in [6.07, 6.45) is 0.421. The van der Waals surface area contributed by atoms with Crippen molar-refractivity contribution >= 4 is 131 Å². The molecule has 1 aliphatic carbocycles. The summed E-state index contributed by atoms with van der Waals surface area (Å²) in [5.41, 5.74) is 9.62. The van der Waals surface area contributed by atoms with Gasteiger partial charge < -0.3 is 28.4 Å². The first-order valence-electron chi connectivity index (χ1n) is 34.9. The Bertz CT molecular complexity index is 3370. The number of esters is 6. The third kappa shape index (κ3) is 21.2. The highest BCUT2D eigenvalue weighted by Gasteiger charge is 2.35. The highest BCUT2D eigenvalue weighted by molar-refractivity contribution is 9.10. The monoisotopic (exact) mass is 1780 g/mol. The number of halogens is 6. The molecule has 0 saturated carbocycles. The van der Waals surface area contributed by atoms with Crippen LogP contribution in [0.15, 0.2) is 72.8 Å². The molecule has 0 radical (unpaired) electrons. The Morgan fingerprint density at radius 2 is 0.314 bits per heavy atom. The third-order valence-electron chi connectivity index (χ3n) is 18.1. The number of carbonyl (C=O) groups excluding carboxylic acids is 6. The van der Waals surface area contributed by atoms with E-state index in [1.54, 1.807) is 41.5 Å². The number of alkyl halides is 6. The predicted octanol–water partition coefficient (Wildman–Crippen LogP) is 21.5. The molecule has 552 valence electrons. The molecule has 6 atom stereocenters. The second-order valence-corrected chi connectivity index (χ2v) is 41.8. The van der Waals surface area contributed by atoms with Crippen molar-refractivity contribution in [1.29, 1.82) is 0 Å². The Morgan fingerprint density at radius 3 is 0.382 bits per heavy atom. The number of carbonyl (C=O) groups is 6. The standard InChI is InChI=1S/C84H102Br6O12/c1-43(85)73(91)97-67-49-25-51-33-62(80(10,11)12)35-53(68(51)98-74(92)44(2)86)27-55-37-64(82(16,17)18)39-57(70(55)100-76(94)46(4)88)29-59-41-66(84(22,23)24)42-60(72(59)102-78(96)48(6)90)30-58-40-65(83(19,20)21)38-56(71(58)101-77(95)47(5)89)28-54-36-63(81(13,14)15)34-52(69(54)99-75(93)45(3)87)26-50(67)32-61(31-49)79(7,8)9/h31-48H,25-30H2,1-24H3. The molecular weight excluding hydrogens is 1680 g/mol. The van der Waals surface area contributed by atoms with Gasteiger partial charge in [0, 0.05) is 105 Å². The van der Waals surface area contributed by atoms with E-state index in [1.165, 1.54) is 0 Å². The molecule has 1 aliphatic rings. The molecule has 12 nitrogen and oxygen atoms in total. The maximum Gasteiger partial charge on any atom is 0.324 e. The van der Waals surface area contributed by atoms with Crippen molar-refractivity contribution in [3.63, 3.8) is 0 Å². The summed E-state index contributed by atoms with van der Waals surface area (Å²) in [5, 5.41) is 0. The van der Waals surface area contributed by atoms with Gasteiger partial charge in [-0.2, -0.15) is 0 Å². The number of hydrogen-bond acceptors (Lipinski definition) is 12. The van der Waals surface area contributed by atoms with Crippen LogP contribution in [0.4, 0.5) is 0 Å². The molecule has 0 saturated heterocycles. The molecular formula is C84H102Br6O12. The molecule has 0 amide bonds. The SMILES string of the molecule is CC(Br)C(=O)Oc1c2cc(C(C)(C)C)cc1Cc1cc(C(C)(C)C)cc(c1OC(=O)C(C)Br)Cc1cc(C(C)(C)C)cc(c1OC(=O)C(C)Br)Cc1cc(C(C)(C)C)cc(c1OC(=O)C(C)Br)Cc1cc(C(C)(C)C)cc(c1OC(=O)C(C)Br)Cc1cc(C(C)(C)C)cc(c1OC(=O)C(C)Br)C2. The van der Waals surface area contributed by atoms with Crippen molar-refractivity contribution < 1.29 is 57.2 Å². The predicted molar refractivity (Wildman–Crippen MR) is 432 cm³/mol. The maximum absolute atomic E-state index is 14.6. The highest BCUT2D eigenvalue weighted by atomic mass is 79.9. The Balaban J connectivity index is 1.85. The fourth-order valence-corrected chi connectivity index (χ4v) is 12.4. The Hall–Kier alpha value is -4.98. The molecule has 18 heteroatoms. The number of benzene rings is 6. The van der Waals surface area contributed by atoms with Gasteiger partial charge in [-0.25, -0.2) is 0 Å². The van der Waals surface area contributed by atoms with Crippen molar-refractivity contribution in [3.8, 4) is 34.5 Å². The van der Waals surface area contributed by atoms with Crippen LogP contribution in [0.5, 0.6) is 34.5 Å². The van der Waals surface area contributed by atoms with Crippen LogP contribution >= 0.6 is 95.6 Å². The van der Waals surface area contributed by atoms with Crippen LogP contribution in [0.1, 0.15) is 266 Å². The van der Waals surface area contributed by atoms with Crippen molar-refractivity contribution in [2.24, 2.45) is 0 Å². The topological polar surface area (TPSA) is 158 Å². The Morgan fingerprint density at radius 1 is 0.225 bits per heavy atom. The van der Waals surface area contributed by atoms with E-state index in [0.29, 0.717) is 66.8 Å². The van der Waals surface area contributed by atoms with Crippen LogP contribution in [0.25, 0.3) is 0 Å². The summed E-state index contributed by atoms with van der Waals surface area (Å²) in [6, 6.07) is 24.7. The fourth-order valence-electron chi connectivity index (χ4n) is 11.8. The molecule has 0 spiro atoms. The van der Waals surface area contributed by atoms with Gasteiger partial charge in [-0.1, -0.05) is 293 Å². The zero-order valence-electron chi connectivity index (χ0n) is 63.8. The van der Waals surface area contributed by atoms with E-state index in [9.17, 15) is 28.8 Å². The fraction of sp³-hybridized carbons (Fsp3) is 0.500. The molecule has 0 fully saturated rings. The van der Waals surface area contributed by atoms with Gasteiger partial charge in [0.2, 0.25) is 0 Å². The van der Waals surface area contributed by atoms with E-state index in [4.69, 9.17) is 28.4 Å². The average molecular weight is 1780 g/mol. The number of fused-ring (bicyclic) bond motifs is 12. The lowest BCUT2D eigenvalue weighted by Gasteiger charge is -2.29. The minimum atomic E-state index is -0.751. The Kier molecular flexibility index (Phi) is 27.0. The van der Waals surface area contributed by atoms with E-state index in [2.05, 4.69) is 293 Å². The molecule has 12 bridgehead atoms. The van der Waals surface area contributed by atoms with Gasteiger partial charge in [-0.15, -0.1) is 0 Å². The normalized spacial score (nSPS) is 15.1. The largest absolute Gasteiger partial charge is 0.425 e. The van der Waals surface area contributed by atoms with Crippen LogP contribution in [0, 0.1) is 0 Å². The Labute approximate surface area is 656 Å². The molecule has 0 aromatic heterocycles. The van der Waals surface area contributed by atoms with Crippen LogP contribution in [-0.2, 0) is 99.8 Å². The zero-order valence-corrected chi connectivity index (χ0v) is 73.3. The van der Waals surface area contributed by atoms with E-state index in [1.807, 2.05) is 0 Å². The molecule has 0 N–H and O–H groups in total. The molecule has 6 aromatic rings. The first kappa shape index (κ1) is 84.3. The first-order chi connectivity index (χ1) is 46.7. The van der Waals surface area contributed by atoms with Crippen LogP contribution in [0.3, 0.4) is 0 Å². The van der Waals surface area contributed by atoms with Gasteiger partial charge in [0.15, 0.2) is 0 Å².